The molecule has 6 nitrogen and oxygen atoms in total. The van der Waals surface area contributed by atoms with Gasteiger partial charge in [0.25, 0.3) is 5.56 Å². The summed E-state index contributed by atoms with van der Waals surface area (Å²) in [5.74, 6) is 1.33. The van der Waals surface area contributed by atoms with Gasteiger partial charge in [-0.2, -0.15) is 0 Å². The summed E-state index contributed by atoms with van der Waals surface area (Å²) in [4.78, 5) is 20.1. The summed E-state index contributed by atoms with van der Waals surface area (Å²) in [6.07, 6.45) is 0. The van der Waals surface area contributed by atoms with Crippen molar-refractivity contribution in [2.45, 2.75) is 6.92 Å². The van der Waals surface area contributed by atoms with E-state index in [1.807, 2.05) is 11.9 Å². The van der Waals surface area contributed by atoms with E-state index in [2.05, 4.69) is 15.3 Å². The number of H-pyrrole nitrogens is 1. The van der Waals surface area contributed by atoms with Crippen LogP contribution < -0.4 is 15.8 Å². The Morgan fingerprint density at radius 2 is 2.29 bits per heavy atom. The van der Waals surface area contributed by atoms with Crippen LogP contribution in [0.1, 0.15) is 5.82 Å². The second-order valence-electron chi connectivity index (χ2n) is 3.85. The van der Waals surface area contributed by atoms with E-state index in [1.54, 1.807) is 14.0 Å². The maximum atomic E-state index is 11.3. The van der Waals surface area contributed by atoms with Crippen molar-refractivity contribution >= 4 is 5.82 Å². The summed E-state index contributed by atoms with van der Waals surface area (Å²) in [7, 11) is 3.59. The van der Waals surface area contributed by atoms with Gasteiger partial charge in [-0.3, -0.25) is 4.79 Å². The Balaban J connectivity index is 2.41. The average Bonchev–Trinajstić information content (AvgIpc) is 2.27. The topological polar surface area (TPSA) is 70.2 Å². The predicted molar refractivity (Wildman–Crippen MR) is 67.6 cm³/mol. The molecule has 2 N–H and O–H groups in total. The van der Waals surface area contributed by atoms with Crippen molar-refractivity contribution in [3.8, 4) is 0 Å². The minimum Gasteiger partial charge on any atom is -0.383 e. The van der Waals surface area contributed by atoms with E-state index < -0.39 is 0 Å². The SMILES string of the molecule is COCCNCCN(C)c1cc(=O)[nH]c(C)n1. The van der Waals surface area contributed by atoms with Gasteiger partial charge >= 0.3 is 0 Å². The van der Waals surface area contributed by atoms with Crippen molar-refractivity contribution in [2.24, 2.45) is 0 Å². The normalized spacial score (nSPS) is 10.5. The Hall–Kier alpha value is -1.40. The highest BCUT2D eigenvalue weighted by Crippen LogP contribution is 2.03. The van der Waals surface area contributed by atoms with Gasteiger partial charge in [-0.05, 0) is 6.92 Å². The zero-order chi connectivity index (χ0) is 12.7. The summed E-state index contributed by atoms with van der Waals surface area (Å²) in [6, 6.07) is 1.50. The van der Waals surface area contributed by atoms with E-state index in [9.17, 15) is 4.79 Å². The fourth-order valence-electron chi connectivity index (χ4n) is 1.42. The monoisotopic (exact) mass is 240 g/mol. The number of likely N-dealkylation sites (N-methyl/N-ethyl adjacent to an activating group) is 1. The smallest absolute Gasteiger partial charge is 0.252 e. The van der Waals surface area contributed by atoms with Crippen molar-refractivity contribution in [3.05, 3.63) is 22.2 Å². The Bertz CT molecular complexity index is 391. The maximum absolute atomic E-state index is 11.3. The molecule has 0 aliphatic rings. The highest BCUT2D eigenvalue weighted by molar-refractivity contribution is 5.35. The van der Waals surface area contributed by atoms with Gasteiger partial charge in [0.15, 0.2) is 0 Å². The van der Waals surface area contributed by atoms with Gasteiger partial charge in [-0.25, -0.2) is 4.98 Å². The van der Waals surface area contributed by atoms with E-state index in [0.717, 1.165) is 19.6 Å². The van der Waals surface area contributed by atoms with Crippen LogP contribution in [0.4, 0.5) is 5.82 Å². The number of ether oxygens (including phenoxy) is 1. The second kappa shape index (κ2) is 7.03. The lowest BCUT2D eigenvalue weighted by Gasteiger charge is -2.18. The van der Waals surface area contributed by atoms with Crippen molar-refractivity contribution < 1.29 is 4.74 Å². The molecule has 0 atom stereocenters. The molecule has 0 unspecified atom stereocenters. The fraction of sp³-hybridized carbons (Fsp3) is 0.636. The molecule has 0 spiro atoms. The van der Waals surface area contributed by atoms with Crippen molar-refractivity contribution in [1.82, 2.24) is 15.3 Å². The maximum Gasteiger partial charge on any atom is 0.252 e. The third kappa shape index (κ3) is 4.97. The molecule has 17 heavy (non-hydrogen) atoms. The number of hydrogen-bond donors (Lipinski definition) is 2. The molecular formula is C11H20N4O2. The van der Waals surface area contributed by atoms with Crippen LogP contribution in [0.15, 0.2) is 10.9 Å². The standard InChI is InChI=1S/C11H20N4O2/c1-9-13-10(8-11(16)14-9)15(2)6-4-12-5-7-17-3/h8,12H,4-7H2,1-3H3,(H,13,14,16). The summed E-state index contributed by atoms with van der Waals surface area (Å²) >= 11 is 0. The molecule has 0 saturated heterocycles. The number of hydrogen-bond acceptors (Lipinski definition) is 5. The first-order valence-corrected chi connectivity index (χ1v) is 5.62. The van der Waals surface area contributed by atoms with Gasteiger partial charge in [0.1, 0.15) is 11.6 Å². The lowest BCUT2D eigenvalue weighted by atomic mass is 10.4. The van der Waals surface area contributed by atoms with E-state index in [0.29, 0.717) is 18.2 Å². The summed E-state index contributed by atoms with van der Waals surface area (Å²) in [5.41, 5.74) is -0.119. The zero-order valence-electron chi connectivity index (χ0n) is 10.6. The van der Waals surface area contributed by atoms with Crippen LogP contribution in [0.5, 0.6) is 0 Å². The molecule has 0 aliphatic heterocycles. The van der Waals surface area contributed by atoms with Gasteiger partial charge in [0.2, 0.25) is 0 Å². The van der Waals surface area contributed by atoms with E-state index in [4.69, 9.17) is 4.74 Å². The Labute approximate surface area is 101 Å². The predicted octanol–water partition coefficient (Wildman–Crippen LogP) is -0.249. The number of aryl methyl sites for hydroxylation is 1. The molecule has 0 bridgehead atoms. The number of anilines is 1. The molecule has 1 aromatic heterocycles. The number of aromatic amines is 1. The van der Waals surface area contributed by atoms with Crippen molar-refractivity contribution in [1.29, 1.82) is 0 Å². The summed E-state index contributed by atoms with van der Waals surface area (Å²) in [5, 5.41) is 3.24. The van der Waals surface area contributed by atoms with E-state index in [1.165, 1.54) is 6.07 Å². The van der Waals surface area contributed by atoms with Gasteiger partial charge in [0, 0.05) is 39.9 Å². The van der Waals surface area contributed by atoms with Gasteiger partial charge in [0.05, 0.1) is 6.61 Å². The third-order valence-electron chi connectivity index (χ3n) is 2.34. The number of nitrogens with one attached hydrogen (secondary N) is 2. The molecule has 6 heteroatoms. The first-order chi connectivity index (χ1) is 8.13. The van der Waals surface area contributed by atoms with Crippen LogP contribution in [0.25, 0.3) is 0 Å². The number of methoxy groups -OCH3 is 1. The highest BCUT2D eigenvalue weighted by atomic mass is 16.5. The Morgan fingerprint density at radius 1 is 1.53 bits per heavy atom. The molecule has 0 aliphatic carbocycles. The molecule has 1 rings (SSSR count). The molecule has 1 aromatic rings. The van der Waals surface area contributed by atoms with Gasteiger partial charge in [-0.15, -0.1) is 0 Å². The minimum atomic E-state index is -0.119. The Kier molecular flexibility index (Phi) is 5.65. The molecule has 0 amide bonds. The first-order valence-electron chi connectivity index (χ1n) is 5.62. The number of nitrogens with zero attached hydrogens (tertiary/aromatic N) is 2. The Morgan fingerprint density at radius 3 is 2.94 bits per heavy atom. The van der Waals surface area contributed by atoms with Gasteiger partial charge < -0.3 is 19.9 Å². The highest BCUT2D eigenvalue weighted by Gasteiger charge is 2.03. The van der Waals surface area contributed by atoms with Crippen molar-refractivity contribution in [3.63, 3.8) is 0 Å². The average molecular weight is 240 g/mol. The lowest BCUT2D eigenvalue weighted by Crippen LogP contribution is -2.32. The van der Waals surface area contributed by atoms with Crippen LogP contribution in [-0.2, 0) is 4.74 Å². The van der Waals surface area contributed by atoms with E-state index >= 15 is 0 Å². The van der Waals surface area contributed by atoms with Crippen molar-refractivity contribution in [2.75, 3.05) is 45.3 Å². The van der Waals surface area contributed by atoms with Crippen LogP contribution in [-0.4, -0.2) is 50.4 Å². The molecule has 0 radical (unpaired) electrons. The summed E-state index contributed by atoms with van der Waals surface area (Å²) < 4.78 is 4.93. The number of aromatic nitrogens is 2. The lowest BCUT2D eigenvalue weighted by molar-refractivity contribution is 0.200. The fourth-order valence-corrected chi connectivity index (χ4v) is 1.42. The van der Waals surface area contributed by atoms with Gasteiger partial charge in [-0.1, -0.05) is 0 Å². The second-order valence-corrected chi connectivity index (χ2v) is 3.85. The largest absolute Gasteiger partial charge is 0.383 e. The van der Waals surface area contributed by atoms with Crippen LogP contribution in [0.3, 0.4) is 0 Å². The summed E-state index contributed by atoms with van der Waals surface area (Å²) in [6.45, 7) is 4.92. The molecule has 1 heterocycles. The molecule has 96 valence electrons. The number of rotatable bonds is 7. The minimum absolute atomic E-state index is 0.119. The molecule has 0 aromatic carbocycles. The molecule has 0 saturated carbocycles. The third-order valence-corrected chi connectivity index (χ3v) is 2.34. The van der Waals surface area contributed by atoms with Crippen LogP contribution >= 0.6 is 0 Å². The molecule has 0 fully saturated rings. The first kappa shape index (κ1) is 13.7. The van der Waals surface area contributed by atoms with Crippen LogP contribution in [0.2, 0.25) is 0 Å². The van der Waals surface area contributed by atoms with E-state index in [-0.39, 0.29) is 5.56 Å². The quantitative estimate of drug-likeness (QED) is 0.643. The van der Waals surface area contributed by atoms with Crippen LogP contribution in [0, 0.1) is 6.92 Å². The molecular weight excluding hydrogens is 220 g/mol. The zero-order valence-corrected chi connectivity index (χ0v) is 10.6.